The van der Waals surface area contributed by atoms with Gasteiger partial charge in [-0.25, -0.2) is 0 Å². The molecule has 0 aromatic heterocycles. The Morgan fingerprint density at radius 1 is 0.300 bits per heavy atom. The van der Waals surface area contributed by atoms with Crippen LogP contribution in [0.2, 0.25) is 0 Å². The van der Waals surface area contributed by atoms with Gasteiger partial charge in [-0.2, -0.15) is 0 Å². The average molecular weight is 515 g/mol. The molecule has 6 rings (SSSR count). The molecule has 0 saturated carbocycles. The van der Waals surface area contributed by atoms with Crippen LogP contribution in [0.4, 0.5) is 0 Å². The second kappa shape index (κ2) is 10.8. The second-order valence-electron chi connectivity index (χ2n) is 10.7. The van der Waals surface area contributed by atoms with Crippen LogP contribution in [0.1, 0.15) is 22.3 Å². The van der Waals surface area contributed by atoms with Gasteiger partial charge in [-0.15, -0.1) is 0 Å². The van der Waals surface area contributed by atoms with Gasteiger partial charge in [0.15, 0.2) is 0 Å². The monoisotopic (exact) mass is 514 g/mol. The van der Waals surface area contributed by atoms with E-state index in [9.17, 15) is 0 Å². The number of rotatable bonds is 5. The number of aryl methyl sites for hydroxylation is 3. The van der Waals surface area contributed by atoms with Crippen molar-refractivity contribution in [1.82, 2.24) is 0 Å². The van der Waals surface area contributed by atoms with Crippen molar-refractivity contribution in [1.29, 1.82) is 0 Å². The average Bonchev–Trinajstić information content (AvgIpc) is 2.99. The van der Waals surface area contributed by atoms with Gasteiger partial charge in [-0.3, -0.25) is 0 Å². The lowest BCUT2D eigenvalue weighted by atomic mass is 9.77. The summed E-state index contributed by atoms with van der Waals surface area (Å²) < 4.78 is 0. The topological polar surface area (TPSA) is 0 Å². The first-order valence-electron chi connectivity index (χ1n) is 14.0. The van der Waals surface area contributed by atoms with Crippen molar-refractivity contribution in [3.05, 3.63) is 156 Å². The van der Waals surface area contributed by atoms with Gasteiger partial charge in [0, 0.05) is 0 Å². The molecule has 6 aromatic carbocycles. The van der Waals surface area contributed by atoms with Crippen LogP contribution in [0.3, 0.4) is 0 Å². The molecule has 0 spiro atoms. The van der Waals surface area contributed by atoms with E-state index in [4.69, 9.17) is 0 Å². The van der Waals surface area contributed by atoms with Gasteiger partial charge in [0.1, 0.15) is 0 Å². The van der Waals surface area contributed by atoms with E-state index in [2.05, 4.69) is 161 Å². The van der Waals surface area contributed by atoms with Crippen molar-refractivity contribution in [2.24, 2.45) is 0 Å². The minimum Gasteiger partial charge on any atom is -0.0622 e. The third-order valence-corrected chi connectivity index (χ3v) is 8.20. The van der Waals surface area contributed by atoms with Crippen LogP contribution in [0.15, 0.2) is 133 Å². The van der Waals surface area contributed by atoms with Crippen LogP contribution in [-0.2, 0) is 0 Å². The maximum Gasteiger partial charge on any atom is -0.00116 e. The van der Waals surface area contributed by atoms with Gasteiger partial charge in [0.25, 0.3) is 0 Å². The molecule has 0 nitrogen and oxygen atoms in total. The van der Waals surface area contributed by atoms with E-state index in [1.807, 2.05) is 0 Å². The Balaban J connectivity index is 1.91. The molecule has 0 atom stereocenters. The Morgan fingerprint density at radius 2 is 0.775 bits per heavy atom. The summed E-state index contributed by atoms with van der Waals surface area (Å²) >= 11 is 0. The fourth-order valence-corrected chi connectivity index (χ4v) is 5.94. The summed E-state index contributed by atoms with van der Waals surface area (Å²) in [5.41, 5.74) is 17.8. The second-order valence-corrected chi connectivity index (χ2v) is 10.7. The number of benzene rings is 6. The molecule has 0 aliphatic heterocycles. The largest absolute Gasteiger partial charge is 0.0622 e. The predicted molar refractivity (Wildman–Crippen MR) is 173 cm³/mol. The van der Waals surface area contributed by atoms with Crippen molar-refractivity contribution in [2.45, 2.75) is 27.7 Å². The van der Waals surface area contributed by atoms with E-state index >= 15 is 0 Å². The van der Waals surface area contributed by atoms with Crippen LogP contribution in [0.25, 0.3) is 55.6 Å². The van der Waals surface area contributed by atoms with Crippen LogP contribution in [0, 0.1) is 27.7 Å². The maximum absolute atomic E-state index is 2.45. The van der Waals surface area contributed by atoms with E-state index in [1.54, 1.807) is 0 Å². The summed E-state index contributed by atoms with van der Waals surface area (Å²) in [4.78, 5) is 0. The molecule has 0 bridgehead atoms. The zero-order chi connectivity index (χ0) is 27.6. The van der Waals surface area contributed by atoms with Gasteiger partial charge < -0.3 is 0 Å². The van der Waals surface area contributed by atoms with Crippen molar-refractivity contribution in [2.75, 3.05) is 0 Å². The number of hydrogen-bond donors (Lipinski definition) is 0. The highest BCUT2D eigenvalue weighted by Crippen LogP contribution is 2.51. The lowest BCUT2D eigenvalue weighted by molar-refractivity contribution is 1.34. The Bertz CT molecular complexity index is 1810. The minimum atomic E-state index is 1.22. The normalized spacial score (nSPS) is 11.0. The van der Waals surface area contributed by atoms with Crippen molar-refractivity contribution in [3.8, 4) is 55.6 Å². The van der Waals surface area contributed by atoms with Gasteiger partial charge in [-0.1, -0.05) is 127 Å². The fourth-order valence-electron chi connectivity index (χ4n) is 5.94. The third-order valence-electron chi connectivity index (χ3n) is 8.20. The standard InChI is InChI=1S/C40H34/c1-27-18-15-25-35(30(27)4)37-26-36(31-19-7-5-8-20-31)39(33-23-13-11-16-28(33)2)40(34-24-14-12-17-29(34)3)38(37)32-21-9-6-10-22-32/h5-26H,1-4H3. The third kappa shape index (κ3) is 4.56. The highest BCUT2D eigenvalue weighted by Gasteiger charge is 2.25. The molecule has 0 unspecified atom stereocenters. The van der Waals surface area contributed by atoms with E-state index in [0.29, 0.717) is 0 Å². The van der Waals surface area contributed by atoms with E-state index in [0.717, 1.165) is 0 Å². The van der Waals surface area contributed by atoms with Gasteiger partial charge >= 0.3 is 0 Å². The molecule has 0 radical (unpaired) electrons. The molecule has 0 heteroatoms. The molecular weight excluding hydrogens is 480 g/mol. The molecule has 0 amide bonds. The van der Waals surface area contributed by atoms with Crippen molar-refractivity contribution < 1.29 is 0 Å². The van der Waals surface area contributed by atoms with Gasteiger partial charge in [-0.05, 0) is 112 Å². The summed E-state index contributed by atoms with van der Waals surface area (Å²) in [6, 6.07) is 48.6. The summed E-state index contributed by atoms with van der Waals surface area (Å²) in [6.07, 6.45) is 0. The molecule has 0 N–H and O–H groups in total. The molecule has 0 fully saturated rings. The Labute approximate surface area is 238 Å². The highest BCUT2D eigenvalue weighted by atomic mass is 14.3. The SMILES string of the molecule is Cc1ccccc1-c1c(-c2ccccc2)cc(-c2cccc(C)c2C)c(-c2ccccc2)c1-c1ccccc1C. The van der Waals surface area contributed by atoms with Gasteiger partial charge in [0.2, 0.25) is 0 Å². The zero-order valence-electron chi connectivity index (χ0n) is 23.7. The first-order valence-corrected chi connectivity index (χ1v) is 14.0. The summed E-state index contributed by atoms with van der Waals surface area (Å²) in [6.45, 7) is 8.93. The molecule has 0 aliphatic carbocycles. The molecule has 40 heavy (non-hydrogen) atoms. The maximum atomic E-state index is 2.45. The van der Waals surface area contributed by atoms with E-state index in [-0.39, 0.29) is 0 Å². The minimum absolute atomic E-state index is 1.22. The van der Waals surface area contributed by atoms with E-state index < -0.39 is 0 Å². The van der Waals surface area contributed by atoms with Crippen LogP contribution in [0.5, 0.6) is 0 Å². The highest BCUT2D eigenvalue weighted by molar-refractivity contribution is 6.08. The quantitative estimate of drug-likeness (QED) is 0.215. The molecule has 0 aliphatic rings. The fraction of sp³-hybridized carbons (Fsp3) is 0.100. The number of hydrogen-bond acceptors (Lipinski definition) is 0. The van der Waals surface area contributed by atoms with E-state index in [1.165, 1.54) is 77.9 Å². The van der Waals surface area contributed by atoms with Crippen LogP contribution < -0.4 is 0 Å². The first-order chi connectivity index (χ1) is 19.5. The van der Waals surface area contributed by atoms with Crippen molar-refractivity contribution >= 4 is 0 Å². The summed E-state index contributed by atoms with van der Waals surface area (Å²) in [5.74, 6) is 0. The summed E-state index contributed by atoms with van der Waals surface area (Å²) in [5, 5.41) is 0. The molecule has 0 saturated heterocycles. The molecule has 0 heterocycles. The van der Waals surface area contributed by atoms with Crippen LogP contribution in [-0.4, -0.2) is 0 Å². The molecule has 194 valence electrons. The molecule has 6 aromatic rings. The van der Waals surface area contributed by atoms with Crippen molar-refractivity contribution in [3.63, 3.8) is 0 Å². The first kappa shape index (κ1) is 25.6. The Kier molecular flexibility index (Phi) is 6.93. The lowest BCUT2D eigenvalue weighted by Crippen LogP contribution is -2.01. The van der Waals surface area contributed by atoms with Gasteiger partial charge in [0.05, 0.1) is 0 Å². The van der Waals surface area contributed by atoms with Crippen LogP contribution >= 0.6 is 0 Å². The Hall–Kier alpha value is -4.68. The zero-order valence-corrected chi connectivity index (χ0v) is 23.7. The lowest BCUT2D eigenvalue weighted by Gasteiger charge is -2.26. The Morgan fingerprint density at radius 3 is 1.38 bits per heavy atom. The molecular formula is C40H34. The summed E-state index contributed by atoms with van der Waals surface area (Å²) in [7, 11) is 0. The predicted octanol–water partition coefficient (Wildman–Crippen LogP) is 11.3. The smallest absolute Gasteiger partial charge is 0.00116 e.